The predicted octanol–water partition coefficient (Wildman–Crippen LogP) is 13.6. The van der Waals surface area contributed by atoms with Crippen molar-refractivity contribution in [2.45, 2.75) is 0 Å². The highest BCUT2D eigenvalue weighted by atomic mass is 32.1. The third-order valence-corrected chi connectivity index (χ3v) is 11.5. The SMILES string of the molecule is c1ccc(-c2ccc(-c3nc(-c4ccc5c(c4)sc4ccccc45)nc(-c4cc5c6cccc(-c7ccccc7)c6oc5c5ccccc45)n3)cc2)cc1. The number of hydrogen-bond donors (Lipinski definition) is 0. The van der Waals surface area contributed by atoms with E-state index in [9.17, 15) is 0 Å². The lowest BCUT2D eigenvalue weighted by Crippen LogP contribution is -2.00. The molecule has 0 radical (unpaired) electrons. The highest BCUT2D eigenvalue weighted by Gasteiger charge is 2.20. The van der Waals surface area contributed by atoms with E-state index in [0.29, 0.717) is 17.5 Å². The van der Waals surface area contributed by atoms with Crippen LogP contribution >= 0.6 is 11.3 Å². The molecule has 54 heavy (non-hydrogen) atoms. The fourth-order valence-corrected chi connectivity index (χ4v) is 8.86. The summed E-state index contributed by atoms with van der Waals surface area (Å²) in [6.07, 6.45) is 0. The number of rotatable bonds is 5. The van der Waals surface area contributed by atoms with E-state index in [-0.39, 0.29) is 0 Å². The standard InChI is InChI=1S/C49H29N3OS/c1-3-12-30(13-4-1)31-22-24-33(25-23-31)47-50-48(34-26-27-38-37-17-9-10-21-43(37)54-44(38)28-34)52-49(51-47)42-29-41-40-20-11-19-35(32-14-5-2-6-15-32)45(40)53-46(41)39-18-8-7-16-36(39)42/h1-29H. The lowest BCUT2D eigenvalue weighted by Gasteiger charge is -2.11. The Morgan fingerprint density at radius 1 is 0.315 bits per heavy atom. The Morgan fingerprint density at radius 3 is 1.67 bits per heavy atom. The van der Waals surface area contributed by atoms with Crippen molar-refractivity contribution in [3.8, 4) is 56.4 Å². The second-order valence-electron chi connectivity index (χ2n) is 13.6. The van der Waals surface area contributed by atoms with Crippen molar-refractivity contribution in [3.05, 3.63) is 176 Å². The maximum Gasteiger partial charge on any atom is 0.164 e. The van der Waals surface area contributed by atoms with Gasteiger partial charge in [-0.1, -0.05) is 158 Å². The first-order valence-electron chi connectivity index (χ1n) is 18.0. The molecule has 0 saturated heterocycles. The molecule has 0 amide bonds. The van der Waals surface area contributed by atoms with Crippen LogP contribution in [0.15, 0.2) is 180 Å². The van der Waals surface area contributed by atoms with Gasteiger partial charge < -0.3 is 4.42 Å². The molecule has 5 heteroatoms. The maximum atomic E-state index is 6.79. The van der Waals surface area contributed by atoms with Gasteiger partial charge in [-0.25, -0.2) is 15.0 Å². The molecule has 0 aliphatic heterocycles. The second kappa shape index (κ2) is 12.3. The summed E-state index contributed by atoms with van der Waals surface area (Å²) in [7, 11) is 0. The molecule has 0 N–H and O–H groups in total. The Bertz CT molecular complexity index is 3200. The fraction of sp³-hybridized carbons (Fsp3) is 0. The smallest absolute Gasteiger partial charge is 0.164 e. The van der Waals surface area contributed by atoms with Crippen molar-refractivity contribution in [3.63, 3.8) is 0 Å². The monoisotopic (exact) mass is 707 g/mol. The van der Waals surface area contributed by atoms with Crippen LogP contribution in [0.4, 0.5) is 0 Å². The number of hydrogen-bond acceptors (Lipinski definition) is 5. The number of thiophene rings is 1. The van der Waals surface area contributed by atoms with E-state index in [1.54, 1.807) is 11.3 Å². The summed E-state index contributed by atoms with van der Waals surface area (Å²) in [6, 6.07) is 61.4. The fourth-order valence-electron chi connectivity index (χ4n) is 7.71. The number of aromatic nitrogens is 3. The summed E-state index contributed by atoms with van der Waals surface area (Å²) in [5, 5.41) is 6.62. The summed E-state index contributed by atoms with van der Waals surface area (Å²) in [6.45, 7) is 0. The minimum absolute atomic E-state index is 0.616. The summed E-state index contributed by atoms with van der Waals surface area (Å²) in [5.74, 6) is 1.87. The highest BCUT2D eigenvalue weighted by molar-refractivity contribution is 7.25. The third-order valence-electron chi connectivity index (χ3n) is 10.4. The summed E-state index contributed by atoms with van der Waals surface area (Å²) >= 11 is 1.79. The van der Waals surface area contributed by atoms with Gasteiger partial charge in [-0.05, 0) is 40.3 Å². The molecule has 11 rings (SSSR count). The molecule has 0 aliphatic rings. The van der Waals surface area contributed by atoms with Crippen molar-refractivity contribution in [1.29, 1.82) is 0 Å². The number of furan rings is 1. The molecule has 0 bridgehead atoms. The van der Waals surface area contributed by atoms with Gasteiger partial charge in [0.2, 0.25) is 0 Å². The normalized spacial score (nSPS) is 11.7. The number of benzene rings is 8. The molecule has 252 valence electrons. The molecule has 3 heterocycles. The zero-order valence-electron chi connectivity index (χ0n) is 28.9. The Kier molecular flexibility index (Phi) is 7.00. The molecule has 4 nitrogen and oxygen atoms in total. The van der Waals surface area contributed by atoms with Crippen molar-refractivity contribution in [2.75, 3.05) is 0 Å². The Hall–Kier alpha value is -6.95. The molecule has 0 aliphatic carbocycles. The van der Waals surface area contributed by atoms with Crippen LogP contribution in [0.1, 0.15) is 0 Å². The molecule has 11 aromatic rings. The average Bonchev–Trinajstić information content (AvgIpc) is 3.82. The quantitative estimate of drug-likeness (QED) is 0.179. The van der Waals surface area contributed by atoms with Crippen molar-refractivity contribution < 1.29 is 4.42 Å². The Balaban J connectivity index is 1.14. The van der Waals surface area contributed by atoms with Gasteiger partial charge in [-0.3, -0.25) is 0 Å². The lowest BCUT2D eigenvalue weighted by atomic mass is 9.98. The van der Waals surface area contributed by atoms with E-state index >= 15 is 0 Å². The van der Waals surface area contributed by atoms with Crippen molar-refractivity contribution >= 4 is 64.2 Å². The highest BCUT2D eigenvalue weighted by Crippen LogP contribution is 2.43. The van der Waals surface area contributed by atoms with Gasteiger partial charge in [0.05, 0.1) is 0 Å². The molecule has 0 unspecified atom stereocenters. The van der Waals surface area contributed by atoms with Gasteiger partial charge in [0, 0.05) is 58.6 Å². The van der Waals surface area contributed by atoms with Crippen LogP contribution in [0.5, 0.6) is 0 Å². The molecule has 8 aromatic carbocycles. The van der Waals surface area contributed by atoms with Gasteiger partial charge in [0.25, 0.3) is 0 Å². The number of nitrogens with zero attached hydrogens (tertiary/aromatic N) is 3. The van der Waals surface area contributed by atoms with Crippen LogP contribution in [-0.4, -0.2) is 15.0 Å². The second-order valence-corrected chi connectivity index (χ2v) is 14.6. The van der Waals surface area contributed by atoms with Crippen LogP contribution in [-0.2, 0) is 0 Å². The molecule has 0 fully saturated rings. The van der Waals surface area contributed by atoms with E-state index in [1.165, 1.54) is 25.7 Å². The summed E-state index contributed by atoms with van der Waals surface area (Å²) < 4.78 is 9.26. The summed E-state index contributed by atoms with van der Waals surface area (Å²) in [4.78, 5) is 15.7. The molecule has 3 aromatic heterocycles. The summed E-state index contributed by atoms with van der Waals surface area (Å²) in [5.41, 5.74) is 9.02. The minimum Gasteiger partial charge on any atom is -0.455 e. The van der Waals surface area contributed by atoms with E-state index in [1.807, 2.05) is 12.1 Å². The average molecular weight is 708 g/mol. The minimum atomic E-state index is 0.616. The van der Waals surface area contributed by atoms with Crippen LogP contribution in [0.3, 0.4) is 0 Å². The first-order chi connectivity index (χ1) is 26.7. The largest absolute Gasteiger partial charge is 0.455 e. The van der Waals surface area contributed by atoms with Gasteiger partial charge >= 0.3 is 0 Å². The van der Waals surface area contributed by atoms with E-state index in [4.69, 9.17) is 19.4 Å². The zero-order valence-corrected chi connectivity index (χ0v) is 29.7. The van der Waals surface area contributed by atoms with Crippen molar-refractivity contribution in [1.82, 2.24) is 15.0 Å². The van der Waals surface area contributed by atoms with Gasteiger partial charge in [-0.15, -0.1) is 11.3 Å². The molecular weight excluding hydrogens is 679 g/mol. The molecule has 0 spiro atoms. The Labute approximate surface area is 314 Å². The van der Waals surface area contributed by atoms with Gasteiger partial charge in [-0.2, -0.15) is 0 Å². The lowest BCUT2D eigenvalue weighted by molar-refractivity contribution is 0.674. The van der Waals surface area contributed by atoms with Gasteiger partial charge in [0.15, 0.2) is 17.5 Å². The van der Waals surface area contributed by atoms with Crippen molar-refractivity contribution in [2.24, 2.45) is 0 Å². The third kappa shape index (κ3) is 5.01. The molecular formula is C49H29N3OS. The first kappa shape index (κ1) is 30.7. The van der Waals surface area contributed by atoms with Crippen LogP contribution in [0.25, 0.3) is 109 Å². The maximum absolute atomic E-state index is 6.79. The first-order valence-corrected chi connectivity index (χ1v) is 18.8. The Morgan fingerprint density at radius 2 is 0.870 bits per heavy atom. The number of para-hydroxylation sites is 1. The number of fused-ring (bicyclic) bond motifs is 8. The predicted molar refractivity (Wildman–Crippen MR) is 225 cm³/mol. The topological polar surface area (TPSA) is 51.8 Å². The van der Waals surface area contributed by atoms with Crippen LogP contribution in [0.2, 0.25) is 0 Å². The van der Waals surface area contributed by atoms with Crippen LogP contribution < -0.4 is 0 Å². The van der Waals surface area contributed by atoms with Gasteiger partial charge in [0.1, 0.15) is 11.2 Å². The molecule has 0 atom stereocenters. The van der Waals surface area contributed by atoms with Crippen LogP contribution in [0, 0.1) is 0 Å². The van der Waals surface area contributed by atoms with E-state index < -0.39 is 0 Å². The van der Waals surface area contributed by atoms with E-state index in [0.717, 1.165) is 66.1 Å². The van der Waals surface area contributed by atoms with E-state index in [2.05, 4.69) is 164 Å². The molecule has 0 saturated carbocycles. The zero-order chi connectivity index (χ0) is 35.6.